The van der Waals surface area contributed by atoms with E-state index < -0.39 is 22.1 Å². The number of hydrogen-bond donors (Lipinski definition) is 5. The number of ether oxygens (including phenoxy) is 1. The van der Waals surface area contributed by atoms with Crippen molar-refractivity contribution in [3.8, 4) is 5.75 Å². The number of aliphatic hydroxyl groups excluding tert-OH is 1. The van der Waals surface area contributed by atoms with Gasteiger partial charge in [-0.05, 0) is 42.3 Å². The lowest BCUT2D eigenvalue weighted by Gasteiger charge is -2.14. The van der Waals surface area contributed by atoms with E-state index in [1.165, 1.54) is 0 Å². The average Bonchev–Trinajstić information content (AvgIpc) is 3.03. The van der Waals surface area contributed by atoms with Crippen molar-refractivity contribution in [3.05, 3.63) is 59.3 Å². The standard InChI is InChI=1S/C21H25N3O6S/c1-13-17-7-6-16(11-18(17)23-20(13)21(26)27)30-9-8-22-12-19(25)14-4-3-5-15(10-14)24-31(2,28)29/h3-7,10-11,19,22-25H,8-9,12H2,1-2H3,(H,26,27)/t19-/m0/s1. The molecule has 0 saturated heterocycles. The number of nitrogens with one attached hydrogen (secondary N) is 3. The van der Waals surface area contributed by atoms with Crippen LogP contribution in [0.15, 0.2) is 42.5 Å². The van der Waals surface area contributed by atoms with Crippen LogP contribution in [-0.4, -0.2) is 55.5 Å². The van der Waals surface area contributed by atoms with Crippen LogP contribution in [-0.2, 0) is 10.0 Å². The van der Waals surface area contributed by atoms with Gasteiger partial charge in [0.15, 0.2) is 0 Å². The van der Waals surface area contributed by atoms with Crippen LogP contribution in [0.2, 0.25) is 0 Å². The number of aromatic amines is 1. The molecule has 1 heterocycles. The van der Waals surface area contributed by atoms with Crippen LogP contribution in [0.5, 0.6) is 5.75 Å². The maximum absolute atomic E-state index is 11.3. The van der Waals surface area contributed by atoms with E-state index in [2.05, 4.69) is 15.0 Å². The van der Waals surface area contributed by atoms with E-state index in [4.69, 9.17) is 4.74 Å². The number of carbonyl (C=O) groups is 1. The zero-order valence-electron chi connectivity index (χ0n) is 17.2. The second-order valence-corrected chi connectivity index (χ2v) is 8.95. The molecular formula is C21H25N3O6S. The number of benzene rings is 2. The molecule has 2 aromatic carbocycles. The minimum atomic E-state index is -3.38. The van der Waals surface area contributed by atoms with Crippen molar-refractivity contribution in [2.24, 2.45) is 0 Å². The van der Waals surface area contributed by atoms with Gasteiger partial charge >= 0.3 is 5.97 Å². The summed E-state index contributed by atoms with van der Waals surface area (Å²) in [5.41, 5.74) is 2.52. The summed E-state index contributed by atoms with van der Waals surface area (Å²) in [6, 6.07) is 11.9. The first kappa shape index (κ1) is 22.6. The lowest BCUT2D eigenvalue weighted by molar-refractivity contribution is 0.0690. The molecule has 0 bridgehead atoms. The Labute approximate surface area is 180 Å². The van der Waals surface area contributed by atoms with E-state index in [1.54, 1.807) is 43.3 Å². The second kappa shape index (κ2) is 9.38. The summed E-state index contributed by atoms with van der Waals surface area (Å²) in [5.74, 6) is -0.399. The molecule has 0 spiro atoms. The maximum atomic E-state index is 11.3. The number of aromatic carboxylic acids is 1. The van der Waals surface area contributed by atoms with Gasteiger partial charge in [-0.25, -0.2) is 13.2 Å². The quantitative estimate of drug-likeness (QED) is 0.300. The maximum Gasteiger partial charge on any atom is 0.352 e. The van der Waals surface area contributed by atoms with Crippen molar-refractivity contribution in [1.29, 1.82) is 0 Å². The Morgan fingerprint density at radius 2 is 2.00 bits per heavy atom. The highest BCUT2D eigenvalue weighted by Gasteiger charge is 2.14. The van der Waals surface area contributed by atoms with Gasteiger partial charge in [0.2, 0.25) is 10.0 Å². The van der Waals surface area contributed by atoms with Crippen LogP contribution in [0.3, 0.4) is 0 Å². The van der Waals surface area contributed by atoms with Gasteiger partial charge in [-0.15, -0.1) is 0 Å². The summed E-state index contributed by atoms with van der Waals surface area (Å²) in [7, 11) is -3.38. The fourth-order valence-corrected chi connectivity index (χ4v) is 3.80. The number of sulfonamides is 1. The van der Waals surface area contributed by atoms with Gasteiger partial charge in [0.1, 0.15) is 18.1 Å². The fraction of sp³-hybridized carbons (Fsp3) is 0.286. The smallest absolute Gasteiger partial charge is 0.352 e. The first-order chi connectivity index (χ1) is 14.6. The Hall–Kier alpha value is -3.08. The van der Waals surface area contributed by atoms with Crippen molar-refractivity contribution < 1.29 is 28.2 Å². The van der Waals surface area contributed by atoms with Gasteiger partial charge in [0.05, 0.1) is 17.9 Å². The van der Waals surface area contributed by atoms with E-state index in [0.29, 0.717) is 41.2 Å². The lowest BCUT2D eigenvalue weighted by Crippen LogP contribution is -2.26. The predicted molar refractivity (Wildman–Crippen MR) is 118 cm³/mol. The molecule has 10 heteroatoms. The third-order valence-corrected chi connectivity index (χ3v) is 5.31. The number of aryl methyl sites for hydroxylation is 1. The van der Waals surface area contributed by atoms with Gasteiger partial charge in [0.25, 0.3) is 0 Å². The molecule has 3 rings (SSSR count). The van der Waals surface area contributed by atoms with Crippen LogP contribution < -0.4 is 14.8 Å². The molecule has 1 atom stereocenters. The minimum Gasteiger partial charge on any atom is -0.492 e. The first-order valence-corrected chi connectivity index (χ1v) is 11.5. The molecule has 5 N–H and O–H groups in total. The van der Waals surface area contributed by atoms with Crippen LogP contribution in [0, 0.1) is 6.92 Å². The van der Waals surface area contributed by atoms with Crippen LogP contribution in [0.1, 0.15) is 27.7 Å². The van der Waals surface area contributed by atoms with Gasteiger partial charge in [-0.1, -0.05) is 12.1 Å². The zero-order chi connectivity index (χ0) is 22.6. The molecule has 0 unspecified atom stereocenters. The van der Waals surface area contributed by atoms with Crippen molar-refractivity contribution in [2.75, 3.05) is 30.7 Å². The van der Waals surface area contributed by atoms with Gasteiger partial charge in [-0.2, -0.15) is 0 Å². The van der Waals surface area contributed by atoms with Crippen molar-refractivity contribution >= 4 is 32.6 Å². The third kappa shape index (κ3) is 5.97. The van der Waals surface area contributed by atoms with Crippen LogP contribution in [0.4, 0.5) is 5.69 Å². The summed E-state index contributed by atoms with van der Waals surface area (Å²) in [6.45, 7) is 2.84. The normalized spacial score (nSPS) is 12.6. The number of carboxylic acid groups (broad SMARTS) is 1. The number of hydrogen-bond acceptors (Lipinski definition) is 6. The lowest BCUT2D eigenvalue weighted by atomic mass is 10.1. The Kier molecular flexibility index (Phi) is 6.84. The highest BCUT2D eigenvalue weighted by molar-refractivity contribution is 7.92. The minimum absolute atomic E-state index is 0.165. The molecule has 3 aromatic rings. The largest absolute Gasteiger partial charge is 0.492 e. The highest BCUT2D eigenvalue weighted by Crippen LogP contribution is 2.25. The molecule has 9 nitrogen and oxygen atoms in total. The summed E-state index contributed by atoms with van der Waals surface area (Å²) in [6.07, 6.45) is 0.256. The van der Waals surface area contributed by atoms with E-state index in [0.717, 1.165) is 11.6 Å². The van der Waals surface area contributed by atoms with Crippen molar-refractivity contribution in [3.63, 3.8) is 0 Å². The summed E-state index contributed by atoms with van der Waals surface area (Å²) in [4.78, 5) is 14.1. The molecule has 0 aliphatic carbocycles. The molecule has 0 amide bonds. The first-order valence-electron chi connectivity index (χ1n) is 9.59. The number of aliphatic hydroxyl groups is 1. The Morgan fingerprint density at radius 1 is 1.23 bits per heavy atom. The van der Waals surface area contributed by atoms with E-state index in [9.17, 15) is 23.4 Å². The number of carboxylic acids is 1. The zero-order valence-corrected chi connectivity index (χ0v) is 18.0. The van der Waals surface area contributed by atoms with E-state index >= 15 is 0 Å². The number of aromatic nitrogens is 1. The molecule has 31 heavy (non-hydrogen) atoms. The number of anilines is 1. The molecule has 0 aliphatic rings. The van der Waals surface area contributed by atoms with E-state index in [-0.39, 0.29) is 12.2 Å². The molecule has 0 fully saturated rings. The Bertz CT molecular complexity index is 1190. The van der Waals surface area contributed by atoms with Gasteiger partial charge in [0, 0.05) is 30.2 Å². The molecule has 1 aromatic heterocycles. The van der Waals surface area contributed by atoms with Gasteiger partial charge < -0.3 is 25.3 Å². The molecule has 0 saturated carbocycles. The number of H-pyrrole nitrogens is 1. The number of fused-ring (bicyclic) bond motifs is 1. The summed E-state index contributed by atoms with van der Waals surface area (Å²) >= 11 is 0. The molecule has 166 valence electrons. The monoisotopic (exact) mass is 447 g/mol. The van der Waals surface area contributed by atoms with Crippen molar-refractivity contribution in [1.82, 2.24) is 10.3 Å². The van der Waals surface area contributed by atoms with Gasteiger partial charge in [-0.3, -0.25) is 4.72 Å². The second-order valence-electron chi connectivity index (χ2n) is 7.21. The molecule has 0 radical (unpaired) electrons. The third-order valence-electron chi connectivity index (χ3n) is 4.70. The summed E-state index contributed by atoms with van der Waals surface area (Å²) in [5, 5.41) is 23.4. The Morgan fingerprint density at radius 3 is 2.71 bits per heavy atom. The molecule has 0 aliphatic heterocycles. The van der Waals surface area contributed by atoms with E-state index in [1.807, 2.05) is 6.07 Å². The average molecular weight is 448 g/mol. The predicted octanol–water partition coefficient (Wildman–Crippen LogP) is 2.25. The Balaban J connectivity index is 1.49. The fourth-order valence-electron chi connectivity index (χ4n) is 3.24. The van der Waals surface area contributed by atoms with Crippen LogP contribution >= 0.6 is 0 Å². The highest BCUT2D eigenvalue weighted by atomic mass is 32.2. The topological polar surface area (TPSA) is 141 Å². The van der Waals surface area contributed by atoms with Crippen LogP contribution in [0.25, 0.3) is 10.9 Å². The van der Waals surface area contributed by atoms with Crippen molar-refractivity contribution in [2.45, 2.75) is 13.0 Å². The SMILES string of the molecule is Cc1c(C(=O)O)[nH]c2cc(OCCNC[C@H](O)c3cccc(NS(C)(=O)=O)c3)ccc12. The molecular weight excluding hydrogens is 422 g/mol. The number of rotatable bonds is 10. The summed E-state index contributed by atoms with van der Waals surface area (Å²) < 4.78 is 30.7.